The minimum absolute atomic E-state index is 0.203. The molecule has 0 saturated heterocycles. The maximum Gasteiger partial charge on any atom is 0.165 e. The van der Waals surface area contributed by atoms with Crippen molar-refractivity contribution in [1.82, 2.24) is 4.90 Å². The Balaban J connectivity index is 2.12. The molecule has 2 rings (SSSR count). The Morgan fingerprint density at radius 3 is 2.52 bits per heavy atom. The van der Waals surface area contributed by atoms with E-state index in [0.29, 0.717) is 17.8 Å². The lowest BCUT2D eigenvalue weighted by Gasteiger charge is -2.39. The lowest BCUT2D eigenvalue weighted by Crippen LogP contribution is -2.42. The van der Waals surface area contributed by atoms with Crippen LogP contribution in [-0.2, 0) is 0 Å². The molecule has 1 atom stereocenters. The van der Waals surface area contributed by atoms with Crippen molar-refractivity contribution in [1.29, 1.82) is 0 Å². The van der Waals surface area contributed by atoms with Gasteiger partial charge in [-0.2, -0.15) is 0 Å². The molecule has 1 saturated carbocycles. The molecule has 21 heavy (non-hydrogen) atoms. The summed E-state index contributed by atoms with van der Waals surface area (Å²) < 4.78 is 18.9. The van der Waals surface area contributed by atoms with Crippen LogP contribution in [0.3, 0.4) is 0 Å². The molecule has 0 aromatic heterocycles. The minimum Gasteiger partial charge on any atom is -0.494 e. The van der Waals surface area contributed by atoms with Crippen LogP contribution in [0.15, 0.2) is 18.2 Å². The van der Waals surface area contributed by atoms with E-state index in [0.717, 1.165) is 37.8 Å². The van der Waals surface area contributed by atoms with Crippen molar-refractivity contribution in [2.75, 3.05) is 13.7 Å². The first-order chi connectivity index (χ1) is 10.1. The van der Waals surface area contributed by atoms with E-state index in [4.69, 9.17) is 10.5 Å². The summed E-state index contributed by atoms with van der Waals surface area (Å²) >= 11 is 0. The maximum absolute atomic E-state index is 13.9. The molecule has 0 radical (unpaired) electrons. The molecular formula is C17H27FN2O. The van der Waals surface area contributed by atoms with Crippen LogP contribution in [0.4, 0.5) is 4.39 Å². The average Bonchev–Trinajstić information content (AvgIpc) is 2.49. The van der Waals surface area contributed by atoms with Crippen molar-refractivity contribution in [3.63, 3.8) is 0 Å². The van der Waals surface area contributed by atoms with Gasteiger partial charge < -0.3 is 10.5 Å². The highest BCUT2D eigenvalue weighted by Gasteiger charge is 2.27. The topological polar surface area (TPSA) is 38.5 Å². The Morgan fingerprint density at radius 1 is 1.33 bits per heavy atom. The number of methoxy groups -OCH3 is 1. The maximum atomic E-state index is 13.9. The summed E-state index contributed by atoms with van der Waals surface area (Å²) in [7, 11) is 1.49. The van der Waals surface area contributed by atoms with Crippen LogP contribution in [0.1, 0.15) is 51.1 Å². The number of nitrogens with zero attached hydrogens (tertiary/aromatic N) is 1. The smallest absolute Gasteiger partial charge is 0.165 e. The molecule has 0 aliphatic heterocycles. The molecular weight excluding hydrogens is 267 g/mol. The van der Waals surface area contributed by atoms with Gasteiger partial charge in [-0.15, -0.1) is 0 Å². The van der Waals surface area contributed by atoms with Gasteiger partial charge in [0.05, 0.1) is 7.11 Å². The predicted molar refractivity (Wildman–Crippen MR) is 84.0 cm³/mol. The van der Waals surface area contributed by atoms with Gasteiger partial charge >= 0.3 is 0 Å². The summed E-state index contributed by atoms with van der Waals surface area (Å²) in [6.45, 7) is 5.29. The summed E-state index contributed by atoms with van der Waals surface area (Å²) in [6.07, 6.45) is 4.45. The molecule has 0 heterocycles. The molecule has 1 unspecified atom stereocenters. The number of nitrogens with two attached hydrogens (primary N) is 1. The highest BCUT2D eigenvalue weighted by Crippen LogP contribution is 2.31. The summed E-state index contributed by atoms with van der Waals surface area (Å²) in [5, 5.41) is 0. The summed E-state index contributed by atoms with van der Waals surface area (Å²) in [4.78, 5) is 2.47. The molecule has 1 aromatic carbocycles. The second kappa shape index (κ2) is 7.23. The van der Waals surface area contributed by atoms with Gasteiger partial charge in [0.1, 0.15) is 0 Å². The second-order valence-corrected chi connectivity index (χ2v) is 5.97. The predicted octanol–water partition coefficient (Wildman–Crippen LogP) is 3.49. The van der Waals surface area contributed by atoms with Gasteiger partial charge in [-0.1, -0.05) is 13.0 Å². The van der Waals surface area contributed by atoms with Crippen LogP contribution in [0.2, 0.25) is 0 Å². The van der Waals surface area contributed by atoms with E-state index in [9.17, 15) is 4.39 Å². The normalized spacial score (nSPS) is 24.1. The first kappa shape index (κ1) is 16.2. The number of hydrogen-bond acceptors (Lipinski definition) is 3. The molecule has 2 N–H and O–H groups in total. The molecule has 118 valence electrons. The molecule has 0 amide bonds. The van der Waals surface area contributed by atoms with Gasteiger partial charge in [-0.25, -0.2) is 4.39 Å². The van der Waals surface area contributed by atoms with Gasteiger partial charge in [-0.3, -0.25) is 4.90 Å². The van der Waals surface area contributed by atoms with Crippen molar-refractivity contribution in [3.8, 4) is 5.75 Å². The van der Waals surface area contributed by atoms with Crippen LogP contribution in [0.5, 0.6) is 5.75 Å². The van der Waals surface area contributed by atoms with Gasteiger partial charge in [0.2, 0.25) is 0 Å². The standard InChI is InChI=1S/C17H27FN2O/c1-4-20(15-8-6-14(19)7-9-15)12(2)13-5-10-17(21-3)16(18)11-13/h5,10-12,14-15H,4,6-9,19H2,1-3H3. The number of hydrogen-bond donors (Lipinski definition) is 1. The minimum atomic E-state index is -0.288. The fourth-order valence-electron chi connectivity index (χ4n) is 3.42. The van der Waals surface area contributed by atoms with Crippen molar-refractivity contribution < 1.29 is 9.13 Å². The van der Waals surface area contributed by atoms with Crippen molar-refractivity contribution in [2.24, 2.45) is 5.73 Å². The lowest BCUT2D eigenvalue weighted by atomic mass is 9.89. The van der Waals surface area contributed by atoms with Crippen LogP contribution in [-0.4, -0.2) is 30.6 Å². The molecule has 1 fully saturated rings. The molecule has 3 nitrogen and oxygen atoms in total. The lowest BCUT2D eigenvalue weighted by molar-refractivity contribution is 0.114. The highest BCUT2D eigenvalue weighted by molar-refractivity contribution is 5.31. The molecule has 1 aliphatic carbocycles. The largest absolute Gasteiger partial charge is 0.494 e. The fourth-order valence-corrected chi connectivity index (χ4v) is 3.42. The van der Waals surface area contributed by atoms with E-state index in [1.54, 1.807) is 12.1 Å². The molecule has 0 bridgehead atoms. The van der Waals surface area contributed by atoms with E-state index in [1.807, 2.05) is 6.07 Å². The summed E-state index contributed by atoms with van der Waals surface area (Å²) in [5.41, 5.74) is 7.00. The van der Waals surface area contributed by atoms with Crippen molar-refractivity contribution in [3.05, 3.63) is 29.6 Å². The van der Waals surface area contributed by atoms with Crippen molar-refractivity contribution >= 4 is 0 Å². The van der Waals surface area contributed by atoms with Gasteiger partial charge in [0.25, 0.3) is 0 Å². The first-order valence-electron chi connectivity index (χ1n) is 7.91. The van der Waals surface area contributed by atoms with Gasteiger partial charge in [0.15, 0.2) is 11.6 Å². The van der Waals surface area contributed by atoms with Crippen LogP contribution in [0.25, 0.3) is 0 Å². The Hall–Kier alpha value is -1.13. The summed E-state index contributed by atoms with van der Waals surface area (Å²) in [6, 6.07) is 6.38. The van der Waals surface area contributed by atoms with E-state index >= 15 is 0 Å². The monoisotopic (exact) mass is 294 g/mol. The quantitative estimate of drug-likeness (QED) is 0.903. The number of benzene rings is 1. The van der Waals surface area contributed by atoms with E-state index in [-0.39, 0.29) is 11.9 Å². The zero-order chi connectivity index (χ0) is 15.4. The average molecular weight is 294 g/mol. The zero-order valence-corrected chi connectivity index (χ0v) is 13.3. The van der Waals surface area contributed by atoms with Crippen LogP contribution in [0, 0.1) is 5.82 Å². The highest BCUT2D eigenvalue weighted by atomic mass is 19.1. The summed E-state index contributed by atoms with van der Waals surface area (Å²) in [5.74, 6) is 0.0150. The van der Waals surface area contributed by atoms with E-state index in [2.05, 4.69) is 18.7 Å². The Kier molecular flexibility index (Phi) is 5.59. The molecule has 4 heteroatoms. The van der Waals surface area contributed by atoms with Crippen LogP contribution >= 0.6 is 0 Å². The van der Waals surface area contributed by atoms with E-state index < -0.39 is 0 Å². The van der Waals surface area contributed by atoms with Gasteiger partial charge in [0, 0.05) is 18.1 Å². The third kappa shape index (κ3) is 3.74. The number of ether oxygens (including phenoxy) is 1. The Morgan fingerprint density at radius 2 is 2.00 bits per heavy atom. The van der Waals surface area contributed by atoms with E-state index in [1.165, 1.54) is 7.11 Å². The van der Waals surface area contributed by atoms with Gasteiger partial charge in [-0.05, 0) is 56.8 Å². The van der Waals surface area contributed by atoms with Crippen molar-refractivity contribution in [2.45, 2.75) is 57.7 Å². The zero-order valence-electron chi connectivity index (χ0n) is 13.3. The third-order valence-electron chi connectivity index (χ3n) is 4.73. The second-order valence-electron chi connectivity index (χ2n) is 5.97. The SMILES string of the molecule is CCN(C1CCC(N)CC1)C(C)c1ccc(OC)c(F)c1. The Labute approximate surface area is 127 Å². The fraction of sp³-hybridized carbons (Fsp3) is 0.647. The molecule has 1 aliphatic rings. The Bertz CT molecular complexity index is 458. The van der Waals surface area contributed by atoms with Crippen LogP contribution < -0.4 is 10.5 Å². The number of rotatable bonds is 5. The first-order valence-corrected chi connectivity index (χ1v) is 7.91. The molecule has 0 spiro atoms. The third-order valence-corrected chi connectivity index (χ3v) is 4.73. The number of halogens is 1. The molecule has 1 aromatic rings.